The summed E-state index contributed by atoms with van der Waals surface area (Å²) in [5, 5.41) is 14.3. The summed E-state index contributed by atoms with van der Waals surface area (Å²) in [5.74, 6) is -1.68. The maximum absolute atomic E-state index is 12.6. The molecule has 3 N–H and O–H groups in total. The molecule has 1 aliphatic carbocycles. The van der Waals surface area contributed by atoms with Crippen LogP contribution in [0.25, 0.3) is 11.1 Å². The Morgan fingerprint density at radius 3 is 2.21 bits per heavy atom. The van der Waals surface area contributed by atoms with E-state index < -0.39 is 24.0 Å². The van der Waals surface area contributed by atoms with Crippen LogP contribution in [0.4, 0.5) is 10.5 Å². The average Bonchev–Trinajstić information content (AvgIpc) is 3.14. The van der Waals surface area contributed by atoms with Gasteiger partial charge >= 0.3 is 12.1 Å². The van der Waals surface area contributed by atoms with Crippen molar-refractivity contribution in [3.63, 3.8) is 0 Å². The van der Waals surface area contributed by atoms with Gasteiger partial charge in [-0.1, -0.05) is 55.5 Å². The normalized spacial score (nSPS) is 12.9. The van der Waals surface area contributed by atoms with Gasteiger partial charge in [-0.05, 0) is 69.5 Å². The highest BCUT2D eigenvalue weighted by molar-refractivity contribution is 14.1. The van der Waals surface area contributed by atoms with E-state index in [-0.39, 0.29) is 24.5 Å². The number of anilines is 1. The molecule has 0 aromatic heterocycles. The fourth-order valence-corrected chi connectivity index (χ4v) is 4.80. The molecule has 0 bridgehead atoms. The van der Waals surface area contributed by atoms with Crippen LogP contribution in [0.3, 0.4) is 0 Å². The summed E-state index contributed by atoms with van der Waals surface area (Å²) in [6, 6.07) is 20.0. The summed E-state index contributed by atoms with van der Waals surface area (Å²) in [5.41, 5.74) is 5.17. The first-order valence-electron chi connectivity index (χ1n) is 10.8. The molecule has 174 valence electrons. The summed E-state index contributed by atoms with van der Waals surface area (Å²) >= 11 is 2.03. The zero-order chi connectivity index (χ0) is 24.2. The number of carboxylic acid groups (broad SMARTS) is 1. The molecule has 2 amide bonds. The van der Waals surface area contributed by atoms with Crippen molar-refractivity contribution in [1.29, 1.82) is 0 Å². The fourth-order valence-electron chi connectivity index (χ4n) is 4.13. The first kappa shape index (κ1) is 23.7. The van der Waals surface area contributed by atoms with Crippen molar-refractivity contribution in [2.75, 3.05) is 11.9 Å². The van der Waals surface area contributed by atoms with Gasteiger partial charge in [-0.15, -0.1) is 0 Å². The van der Waals surface area contributed by atoms with Crippen molar-refractivity contribution in [2.24, 2.45) is 0 Å². The van der Waals surface area contributed by atoms with Crippen LogP contribution < -0.4 is 10.6 Å². The predicted molar refractivity (Wildman–Crippen MR) is 137 cm³/mol. The molecule has 1 aliphatic rings. The lowest BCUT2D eigenvalue weighted by molar-refractivity contribution is -0.139. The van der Waals surface area contributed by atoms with E-state index in [1.54, 1.807) is 19.1 Å². The Labute approximate surface area is 210 Å². The van der Waals surface area contributed by atoms with E-state index in [4.69, 9.17) is 4.74 Å². The van der Waals surface area contributed by atoms with Gasteiger partial charge in [-0.25, -0.2) is 9.59 Å². The Hall–Kier alpha value is -3.40. The summed E-state index contributed by atoms with van der Waals surface area (Å²) < 4.78 is 6.28. The predicted octanol–water partition coefficient (Wildman–Crippen LogP) is 5.25. The number of hydrogen-bond donors (Lipinski definition) is 3. The first-order valence-corrected chi connectivity index (χ1v) is 11.9. The van der Waals surface area contributed by atoms with Crippen molar-refractivity contribution in [2.45, 2.75) is 25.3 Å². The largest absolute Gasteiger partial charge is 0.480 e. The third kappa shape index (κ3) is 5.06. The Kier molecular flexibility index (Phi) is 7.16. The number of halogens is 1. The second kappa shape index (κ2) is 10.3. The van der Waals surface area contributed by atoms with Crippen molar-refractivity contribution in [1.82, 2.24) is 5.32 Å². The van der Waals surface area contributed by atoms with E-state index in [0.29, 0.717) is 9.26 Å². The zero-order valence-corrected chi connectivity index (χ0v) is 20.5. The number of carbonyl (C=O) groups is 3. The molecule has 0 saturated heterocycles. The number of rotatable bonds is 7. The second-order valence-electron chi connectivity index (χ2n) is 7.95. The summed E-state index contributed by atoms with van der Waals surface area (Å²) in [6.07, 6.45) is -0.372. The monoisotopic (exact) mass is 570 g/mol. The fraction of sp³-hybridized carbons (Fsp3) is 0.192. The number of carbonyl (C=O) groups excluding carboxylic acids is 2. The molecule has 34 heavy (non-hydrogen) atoms. The number of amides is 2. The smallest absolute Gasteiger partial charge is 0.411 e. The second-order valence-corrected chi connectivity index (χ2v) is 9.20. The Morgan fingerprint density at radius 2 is 1.62 bits per heavy atom. The van der Waals surface area contributed by atoms with E-state index >= 15 is 0 Å². The quantitative estimate of drug-likeness (QED) is 0.337. The third-order valence-corrected chi connectivity index (χ3v) is 6.38. The van der Waals surface area contributed by atoms with Crippen molar-refractivity contribution in [3.8, 4) is 11.1 Å². The van der Waals surface area contributed by atoms with Crippen LogP contribution in [0.5, 0.6) is 0 Å². The van der Waals surface area contributed by atoms with E-state index in [0.717, 1.165) is 22.3 Å². The van der Waals surface area contributed by atoms with E-state index in [1.807, 2.05) is 59.0 Å². The molecule has 0 radical (unpaired) electrons. The van der Waals surface area contributed by atoms with Crippen molar-refractivity contribution < 1.29 is 24.2 Å². The summed E-state index contributed by atoms with van der Waals surface area (Å²) in [6.45, 7) is 1.85. The Morgan fingerprint density at radius 1 is 1.00 bits per heavy atom. The van der Waals surface area contributed by atoms with Gasteiger partial charge < -0.3 is 15.2 Å². The maximum atomic E-state index is 12.6. The molecule has 0 heterocycles. The van der Waals surface area contributed by atoms with Gasteiger partial charge in [0, 0.05) is 20.7 Å². The lowest BCUT2D eigenvalue weighted by Gasteiger charge is -2.15. The first-order chi connectivity index (χ1) is 16.4. The zero-order valence-electron chi connectivity index (χ0n) is 18.4. The number of benzene rings is 3. The van der Waals surface area contributed by atoms with Gasteiger partial charge in [-0.2, -0.15) is 0 Å². The third-order valence-electron chi connectivity index (χ3n) is 5.76. The minimum atomic E-state index is -1.10. The number of hydrogen-bond acceptors (Lipinski definition) is 4. The summed E-state index contributed by atoms with van der Waals surface area (Å²) in [7, 11) is 0. The van der Waals surface area contributed by atoms with Crippen LogP contribution in [0, 0.1) is 3.57 Å². The van der Waals surface area contributed by atoms with Gasteiger partial charge in [0.15, 0.2) is 0 Å². The van der Waals surface area contributed by atoms with E-state index in [2.05, 4.69) is 22.8 Å². The molecular weight excluding hydrogens is 547 g/mol. The lowest BCUT2D eigenvalue weighted by atomic mass is 9.98. The maximum Gasteiger partial charge on any atom is 0.411 e. The molecule has 3 aromatic rings. The van der Waals surface area contributed by atoms with Crippen molar-refractivity contribution in [3.05, 3.63) is 87.0 Å². The molecule has 0 spiro atoms. The number of ether oxygens (including phenoxy) is 1. The highest BCUT2D eigenvalue weighted by atomic mass is 127. The number of nitrogens with one attached hydrogen (secondary N) is 2. The molecule has 8 heteroatoms. The highest BCUT2D eigenvalue weighted by Gasteiger charge is 2.29. The lowest BCUT2D eigenvalue weighted by Crippen LogP contribution is -2.40. The Bertz CT molecular complexity index is 1210. The number of fused-ring (bicyclic) bond motifs is 3. The highest BCUT2D eigenvalue weighted by Crippen LogP contribution is 2.44. The number of aliphatic carboxylic acids is 1. The van der Waals surface area contributed by atoms with Gasteiger partial charge in [0.05, 0.1) is 0 Å². The molecule has 0 aliphatic heterocycles. The van der Waals surface area contributed by atoms with Crippen molar-refractivity contribution >= 4 is 46.2 Å². The van der Waals surface area contributed by atoms with Gasteiger partial charge in [-0.3, -0.25) is 10.1 Å². The average molecular weight is 570 g/mol. The molecule has 0 unspecified atom stereocenters. The molecule has 7 nitrogen and oxygen atoms in total. The van der Waals surface area contributed by atoms with Gasteiger partial charge in [0.25, 0.3) is 5.91 Å². The van der Waals surface area contributed by atoms with Crippen LogP contribution in [0.2, 0.25) is 0 Å². The van der Waals surface area contributed by atoms with Crippen LogP contribution in [-0.2, 0) is 9.53 Å². The van der Waals surface area contributed by atoms with Gasteiger partial charge in [0.2, 0.25) is 0 Å². The molecule has 1 atom stereocenters. The standard InChI is InChI=1S/C26H23IN2O5/c1-2-23(25(31)32)29-24(30)15-11-16(27)13-17(12-15)28-26(33)34-14-22-20-9-5-3-7-18(20)19-8-4-6-10-21(19)22/h3-13,22-23H,2,14H2,1H3,(H,28,33)(H,29,30)(H,31,32)/t23-/m1/s1. The SMILES string of the molecule is CC[C@@H](NC(=O)c1cc(I)cc(NC(=O)OCC2c3ccccc3-c3ccccc32)c1)C(=O)O. The number of carboxylic acids is 1. The van der Waals surface area contributed by atoms with Crippen LogP contribution in [0.15, 0.2) is 66.7 Å². The van der Waals surface area contributed by atoms with Crippen LogP contribution in [-0.4, -0.2) is 35.7 Å². The molecule has 0 saturated carbocycles. The molecule has 0 fully saturated rings. The minimum absolute atomic E-state index is 0.0580. The molecular formula is C26H23IN2O5. The summed E-state index contributed by atoms with van der Waals surface area (Å²) in [4.78, 5) is 36.3. The molecule has 4 rings (SSSR count). The van der Waals surface area contributed by atoms with E-state index in [9.17, 15) is 19.5 Å². The van der Waals surface area contributed by atoms with E-state index in [1.165, 1.54) is 6.07 Å². The van der Waals surface area contributed by atoms with Crippen LogP contribution >= 0.6 is 22.6 Å². The minimum Gasteiger partial charge on any atom is -0.480 e. The van der Waals surface area contributed by atoms with Crippen LogP contribution in [0.1, 0.15) is 40.7 Å². The topological polar surface area (TPSA) is 105 Å². The Balaban J connectivity index is 1.44. The molecule has 3 aromatic carbocycles. The van der Waals surface area contributed by atoms with Gasteiger partial charge in [0.1, 0.15) is 12.6 Å².